The first kappa shape index (κ1) is 16.3. The van der Waals surface area contributed by atoms with Gasteiger partial charge in [-0.2, -0.15) is 0 Å². The molecule has 1 aliphatic rings. The molecule has 0 saturated carbocycles. The van der Waals surface area contributed by atoms with E-state index in [1.807, 2.05) is 13.0 Å². The number of nitrogens with zero attached hydrogens (tertiary/aromatic N) is 1. The van der Waals surface area contributed by atoms with Gasteiger partial charge >= 0.3 is 0 Å². The summed E-state index contributed by atoms with van der Waals surface area (Å²) in [5.74, 6) is 0.533. The zero-order chi connectivity index (χ0) is 15.2. The fraction of sp³-hybridized carbons (Fsp3) is 0.533. The Bertz CT molecular complexity index is 511. The zero-order valence-electron chi connectivity index (χ0n) is 12.4. The molecular weight excluding hydrogens is 291 g/mol. The Labute approximate surface area is 129 Å². The van der Waals surface area contributed by atoms with E-state index in [9.17, 15) is 9.18 Å². The van der Waals surface area contributed by atoms with Crippen molar-refractivity contribution in [1.29, 1.82) is 0 Å². The van der Waals surface area contributed by atoms with Crippen molar-refractivity contribution in [3.8, 4) is 0 Å². The number of thioether (sulfide) groups is 1. The van der Waals surface area contributed by atoms with Crippen molar-refractivity contribution in [1.82, 2.24) is 5.43 Å². The molecule has 116 valence electrons. The SMILES string of the molecule is CCOCCNN(C(C)=O)c1cc(F)c2c(c1)CCCS2. The third kappa shape index (κ3) is 4.18. The lowest BCUT2D eigenvalue weighted by molar-refractivity contribution is -0.117. The Morgan fingerprint density at radius 1 is 1.52 bits per heavy atom. The van der Waals surface area contributed by atoms with E-state index in [4.69, 9.17) is 4.74 Å². The highest BCUT2D eigenvalue weighted by Gasteiger charge is 2.19. The van der Waals surface area contributed by atoms with Crippen LogP contribution in [0.15, 0.2) is 17.0 Å². The first-order chi connectivity index (χ1) is 10.1. The second kappa shape index (κ2) is 7.77. The predicted molar refractivity (Wildman–Crippen MR) is 83.1 cm³/mol. The van der Waals surface area contributed by atoms with Gasteiger partial charge in [-0.1, -0.05) is 0 Å². The number of hydrogen-bond donors (Lipinski definition) is 1. The first-order valence-electron chi connectivity index (χ1n) is 7.20. The number of benzene rings is 1. The highest BCUT2D eigenvalue weighted by molar-refractivity contribution is 7.99. The molecule has 1 aliphatic heterocycles. The molecule has 0 aromatic heterocycles. The van der Waals surface area contributed by atoms with Gasteiger partial charge in [0.15, 0.2) is 0 Å². The molecule has 1 amide bonds. The van der Waals surface area contributed by atoms with Crippen molar-refractivity contribution < 1.29 is 13.9 Å². The summed E-state index contributed by atoms with van der Waals surface area (Å²) in [5.41, 5.74) is 4.53. The topological polar surface area (TPSA) is 41.6 Å². The minimum atomic E-state index is -0.245. The van der Waals surface area contributed by atoms with Crippen molar-refractivity contribution in [3.05, 3.63) is 23.5 Å². The summed E-state index contributed by atoms with van der Waals surface area (Å²) in [6.07, 6.45) is 1.90. The number of amides is 1. The molecule has 0 saturated heterocycles. The maximum atomic E-state index is 14.2. The molecule has 0 atom stereocenters. The summed E-state index contributed by atoms with van der Waals surface area (Å²) in [6.45, 7) is 5.01. The summed E-state index contributed by atoms with van der Waals surface area (Å²) < 4.78 is 19.4. The molecule has 0 unspecified atom stereocenters. The molecule has 0 fully saturated rings. The Hall–Kier alpha value is -1.11. The molecule has 1 aromatic rings. The lowest BCUT2D eigenvalue weighted by Gasteiger charge is -2.25. The predicted octanol–water partition coefficient (Wildman–Crippen LogP) is 2.76. The largest absolute Gasteiger partial charge is 0.380 e. The molecule has 2 rings (SSSR count). The first-order valence-corrected chi connectivity index (χ1v) is 8.19. The van der Waals surface area contributed by atoms with E-state index in [0.717, 1.165) is 29.1 Å². The van der Waals surface area contributed by atoms with Gasteiger partial charge in [-0.15, -0.1) is 11.8 Å². The summed E-state index contributed by atoms with van der Waals surface area (Å²) in [6, 6.07) is 3.33. The lowest BCUT2D eigenvalue weighted by Crippen LogP contribution is -2.43. The number of rotatable bonds is 6. The van der Waals surface area contributed by atoms with Crippen molar-refractivity contribution in [3.63, 3.8) is 0 Å². The van der Waals surface area contributed by atoms with Gasteiger partial charge in [0.2, 0.25) is 5.91 Å². The summed E-state index contributed by atoms with van der Waals surface area (Å²) in [7, 11) is 0. The van der Waals surface area contributed by atoms with Crippen molar-refractivity contribution in [2.45, 2.75) is 31.6 Å². The van der Waals surface area contributed by atoms with Crippen LogP contribution in [0, 0.1) is 5.82 Å². The average Bonchev–Trinajstić information content (AvgIpc) is 2.47. The van der Waals surface area contributed by atoms with Gasteiger partial charge in [-0.3, -0.25) is 4.79 Å². The van der Waals surface area contributed by atoms with Crippen molar-refractivity contribution >= 4 is 23.4 Å². The highest BCUT2D eigenvalue weighted by atomic mass is 32.2. The minimum absolute atomic E-state index is 0.172. The van der Waals surface area contributed by atoms with Crippen LogP contribution in [0.5, 0.6) is 0 Å². The average molecular weight is 312 g/mol. The van der Waals surface area contributed by atoms with E-state index in [2.05, 4.69) is 5.43 Å². The van der Waals surface area contributed by atoms with Crippen LogP contribution in [0.25, 0.3) is 0 Å². The third-order valence-electron chi connectivity index (χ3n) is 3.24. The lowest BCUT2D eigenvalue weighted by atomic mass is 10.1. The van der Waals surface area contributed by atoms with Crippen LogP contribution in [0.1, 0.15) is 25.8 Å². The van der Waals surface area contributed by atoms with Crippen LogP contribution < -0.4 is 10.4 Å². The van der Waals surface area contributed by atoms with Gasteiger partial charge in [0.25, 0.3) is 0 Å². The number of carbonyl (C=O) groups excluding carboxylic acids is 1. The van der Waals surface area contributed by atoms with E-state index in [-0.39, 0.29) is 11.7 Å². The van der Waals surface area contributed by atoms with Gasteiger partial charge in [0, 0.05) is 31.0 Å². The second-order valence-electron chi connectivity index (χ2n) is 4.83. The Balaban J connectivity index is 2.16. The van der Waals surface area contributed by atoms with Gasteiger partial charge in [0.1, 0.15) is 5.82 Å². The molecule has 0 bridgehead atoms. The van der Waals surface area contributed by atoms with Crippen LogP contribution in [-0.2, 0) is 16.0 Å². The number of aryl methyl sites for hydroxylation is 1. The van der Waals surface area contributed by atoms with E-state index >= 15 is 0 Å². The summed E-state index contributed by atoms with van der Waals surface area (Å²) in [4.78, 5) is 12.5. The number of ether oxygens (including phenoxy) is 1. The molecule has 4 nitrogen and oxygen atoms in total. The van der Waals surface area contributed by atoms with E-state index < -0.39 is 0 Å². The van der Waals surface area contributed by atoms with E-state index in [1.54, 1.807) is 11.8 Å². The van der Waals surface area contributed by atoms with Crippen molar-refractivity contribution in [2.24, 2.45) is 0 Å². The molecule has 1 heterocycles. The minimum Gasteiger partial charge on any atom is -0.380 e. The Kier molecular flexibility index (Phi) is 6.02. The van der Waals surface area contributed by atoms with Gasteiger partial charge < -0.3 is 4.74 Å². The van der Waals surface area contributed by atoms with Gasteiger partial charge in [-0.05, 0) is 37.1 Å². The Morgan fingerprint density at radius 3 is 3.05 bits per heavy atom. The number of nitrogens with one attached hydrogen (secondary N) is 1. The van der Waals surface area contributed by atoms with Crippen LogP contribution in [-0.4, -0.2) is 31.4 Å². The molecule has 1 aromatic carbocycles. The normalized spacial score (nSPS) is 13.9. The summed E-state index contributed by atoms with van der Waals surface area (Å²) in [5, 5.41) is 1.39. The molecule has 21 heavy (non-hydrogen) atoms. The van der Waals surface area contributed by atoms with Crippen LogP contribution in [0.3, 0.4) is 0 Å². The molecule has 0 aliphatic carbocycles. The second-order valence-corrected chi connectivity index (χ2v) is 5.93. The fourth-order valence-electron chi connectivity index (χ4n) is 2.31. The van der Waals surface area contributed by atoms with Gasteiger partial charge in [0.05, 0.1) is 12.3 Å². The van der Waals surface area contributed by atoms with Crippen LogP contribution >= 0.6 is 11.8 Å². The van der Waals surface area contributed by atoms with E-state index in [0.29, 0.717) is 25.4 Å². The van der Waals surface area contributed by atoms with Gasteiger partial charge in [-0.25, -0.2) is 14.8 Å². The summed E-state index contributed by atoms with van der Waals surface area (Å²) >= 11 is 1.55. The number of anilines is 1. The number of hydrazine groups is 1. The molecule has 6 heteroatoms. The van der Waals surface area contributed by atoms with Crippen molar-refractivity contribution in [2.75, 3.05) is 30.5 Å². The smallest absolute Gasteiger partial charge is 0.238 e. The Morgan fingerprint density at radius 2 is 2.33 bits per heavy atom. The zero-order valence-corrected chi connectivity index (χ0v) is 13.3. The quantitative estimate of drug-likeness (QED) is 0.648. The molecular formula is C15H21FN2O2S. The van der Waals surface area contributed by atoms with E-state index in [1.165, 1.54) is 18.0 Å². The highest BCUT2D eigenvalue weighted by Crippen LogP contribution is 2.35. The van der Waals surface area contributed by atoms with Crippen LogP contribution in [0.2, 0.25) is 0 Å². The monoisotopic (exact) mass is 312 g/mol. The molecule has 1 N–H and O–H groups in total. The maximum Gasteiger partial charge on any atom is 0.238 e. The fourth-order valence-corrected chi connectivity index (χ4v) is 3.34. The number of halogens is 1. The molecule has 0 radical (unpaired) electrons. The third-order valence-corrected chi connectivity index (χ3v) is 4.47. The standard InChI is InChI=1S/C15H21FN2O2S/c1-3-20-7-6-17-18(11(2)19)13-9-12-5-4-8-21-15(12)14(16)10-13/h9-10,17H,3-8H2,1-2H3. The number of hydrogen-bond acceptors (Lipinski definition) is 4. The molecule has 0 spiro atoms. The number of fused-ring (bicyclic) bond motifs is 1. The number of carbonyl (C=O) groups is 1. The van der Waals surface area contributed by atoms with Crippen LogP contribution in [0.4, 0.5) is 10.1 Å². The maximum absolute atomic E-state index is 14.2.